The number of para-hydroxylation sites is 2. The summed E-state index contributed by atoms with van der Waals surface area (Å²) in [4.78, 5) is 13.6. The van der Waals surface area contributed by atoms with E-state index < -0.39 is 10.0 Å². The normalized spacial score (nSPS) is 15.1. The Bertz CT molecular complexity index is 806. The van der Waals surface area contributed by atoms with Gasteiger partial charge in [0.05, 0.1) is 22.8 Å². The molecule has 0 atom stereocenters. The molecule has 1 aliphatic heterocycles. The van der Waals surface area contributed by atoms with E-state index in [-0.39, 0.29) is 17.3 Å². The average Bonchev–Trinajstić information content (AvgIpc) is 2.56. The molecule has 0 unspecified atom stereocenters. The van der Waals surface area contributed by atoms with Crippen molar-refractivity contribution < 1.29 is 13.2 Å². The summed E-state index contributed by atoms with van der Waals surface area (Å²) in [5, 5.41) is 2.76. The Labute approximate surface area is 135 Å². The molecule has 0 saturated carbocycles. The highest BCUT2D eigenvalue weighted by Gasteiger charge is 2.21. The van der Waals surface area contributed by atoms with E-state index in [0.717, 1.165) is 0 Å². The lowest BCUT2D eigenvalue weighted by Crippen LogP contribution is -2.47. The molecule has 1 saturated heterocycles. The Kier molecular flexibility index (Phi) is 4.20. The maximum absolute atomic E-state index is 12.5. The van der Waals surface area contributed by atoms with Crippen molar-refractivity contribution in [3.8, 4) is 0 Å². The summed E-state index contributed by atoms with van der Waals surface area (Å²) in [6.45, 7) is 1.39. The molecule has 1 heterocycles. The van der Waals surface area contributed by atoms with Gasteiger partial charge in [0.2, 0.25) is 5.91 Å². The van der Waals surface area contributed by atoms with E-state index in [0.29, 0.717) is 24.5 Å². The summed E-state index contributed by atoms with van der Waals surface area (Å²) in [6, 6.07) is 15.3. The summed E-state index contributed by atoms with van der Waals surface area (Å²) in [5.74, 6) is -0.0723. The molecule has 0 aromatic heterocycles. The minimum absolute atomic E-state index is 0.0723. The lowest BCUT2D eigenvalue weighted by Gasteiger charge is -2.30. The largest absolute Gasteiger partial charge is 0.359 e. The lowest BCUT2D eigenvalue weighted by molar-refractivity contribution is -0.120. The molecule has 0 spiro atoms. The molecule has 7 heteroatoms. The van der Waals surface area contributed by atoms with Gasteiger partial charge in [0.15, 0.2) is 0 Å². The highest BCUT2D eigenvalue weighted by atomic mass is 32.2. The number of carbonyl (C=O) groups excluding carboxylic acids is 1. The maximum Gasteiger partial charge on any atom is 0.261 e. The van der Waals surface area contributed by atoms with Crippen LogP contribution in [0, 0.1) is 0 Å². The third kappa shape index (κ3) is 3.45. The number of nitrogens with zero attached hydrogens (tertiary/aromatic N) is 1. The molecular formula is C16H17N3O3S. The number of benzene rings is 2. The first kappa shape index (κ1) is 15.4. The second kappa shape index (κ2) is 6.29. The van der Waals surface area contributed by atoms with Crippen LogP contribution in [-0.2, 0) is 14.8 Å². The number of hydrogen-bond donors (Lipinski definition) is 2. The van der Waals surface area contributed by atoms with Gasteiger partial charge in [-0.1, -0.05) is 30.3 Å². The lowest BCUT2D eigenvalue weighted by atomic mass is 10.2. The maximum atomic E-state index is 12.5. The molecule has 3 rings (SSSR count). The van der Waals surface area contributed by atoms with Gasteiger partial charge in [-0.15, -0.1) is 0 Å². The van der Waals surface area contributed by atoms with Gasteiger partial charge in [0.1, 0.15) is 0 Å². The predicted molar refractivity (Wildman–Crippen MR) is 88.9 cm³/mol. The van der Waals surface area contributed by atoms with Gasteiger partial charge in [0, 0.05) is 13.1 Å². The van der Waals surface area contributed by atoms with Crippen molar-refractivity contribution in [1.82, 2.24) is 5.32 Å². The smallest absolute Gasteiger partial charge is 0.261 e. The minimum Gasteiger partial charge on any atom is -0.359 e. The van der Waals surface area contributed by atoms with Gasteiger partial charge >= 0.3 is 0 Å². The van der Waals surface area contributed by atoms with Crippen LogP contribution in [-0.4, -0.2) is 34.0 Å². The summed E-state index contributed by atoms with van der Waals surface area (Å²) in [7, 11) is -3.67. The first-order valence-electron chi connectivity index (χ1n) is 7.25. The zero-order valence-corrected chi connectivity index (χ0v) is 13.2. The molecule has 2 N–H and O–H groups in total. The van der Waals surface area contributed by atoms with E-state index in [1.165, 1.54) is 0 Å². The first-order valence-corrected chi connectivity index (χ1v) is 8.73. The number of amides is 1. The topological polar surface area (TPSA) is 78.5 Å². The Morgan fingerprint density at radius 3 is 2.43 bits per heavy atom. The van der Waals surface area contributed by atoms with Crippen molar-refractivity contribution in [2.75, 3.05) is 29.3 Å². The van der Waals surface area contributed by atoms with Crippen LogP contribution in [0.15, 0.2) is 59.5 Å². The molecule has 2 aromatic carbocycles. The van der Waals surface area contributed by atoms with Crippen LogP contribution in [0.1, 0.15) is 0 Å². The predicted octanol–water partition coefficient (Wildman–Crippen LogP) is 1.42. The van der Waals surface area contributed by atoms with E-state index in [1.54, 1.807) is 48.5 Å². The third-order valence-corrected chi connectivity index (χ3v) is 4.96. The second-order valence-corrected chi connectivity index (χ2v) is 6.89. The fourth-order valence-electron chi connectivity index (χ4n) is 2.48. The van der Waals surface area contributed by atoms with Crippen molar-refractivity contribution in [2.24, 2.45) is 0 Å². The molecule has 6 nitrogen and oxygen atoms in total. The van der Waals surface area contributed by atoms with Crippen LogP contribution in [0.25, 0.3) is 0 Å². The number of hydrogen-bond acceptors (Lipinski definition) is 4. The summed E-state index contributed by atoms with van der Waals surface area (Å²) < 4.78 is 27.6. The van der Waals surface area contributed by atoms with E-state index >= 15 is 0 Å². The number of piperazine rings is 1. The van der Waals surface area contributed by atoms with E-state index in [9.17, 15) is 13.2 Å². The summed E-state index contributed by atoms with van der Waals surface area (Å²) >= 11 is 0. The highest BCUT2D eigenvalue weighted by molar-refractivity contribution is 7.92. The minimum atomic E-state index is -3.67. The molecule has 1 fully saturated rings. The quantitative estimate of drug-likeness (QED) is 0.888. The van der Waals surface area contributed by atoms with Gasteiger partial charge < -0.3 is 10.2 Å². The molecule has 120 valence electrons. The van der Waals surface area contributed by atoms with Crippen molar-refractivity contribution >= 4 is 27.3 Å². The molecule has 1 amide bonds. The van der Waals surface area contributed by atoms with Gasteiger partial charge in [0.25, 0.3) is 10.0 Å². The Hall–Kier alpha value is -2.54. The fraction of sp³-hybridized carbons (Fsp3) is 0.188. The molecule has 0 bridgehead atoms. The molecular weight excluding hydrogens is 314 g/mol. The number of sulfonamides is 1. The van der Waals surface area contributed by atoms with Crippen molar-refractivity contribution in [1.29, 1.82) is 0 Å². The number of rotatable bonds is 4. The Morgan fingerprint density at radius 2 is 1.70 bits per heavy atom. The van der Waals surface area contributed by atoms with Crippen LogP contribution in [0.3, 0.4) is 0 Å². The van der Waals surface area contributed by atoms with Crippen molar-refractivity contribution in [2.45, 2.75) is 4.90 Å². The van der Waals surface area contributed by atoms with Crippen LogP contribution < -0.4 is 14.9 Å². The number of nitrogens with one attached hydrogen (secondary N) is 2. The van der Waals surface area contributed by atoms with Crippen molar-refractivity contribution in [3.05, 3.63) is 54.6 Å². The van der Waals surface area contributed by atoms with Gasteiger partial charge in [-0.2, -0.15) is 0 Å². The second-order valence-electron chi connectivity index (χ2n) is 5.21. The third-order valence-electron chi connectivity index (χ3n) is 3.58. The van der Waals surface area contributed by atoms with Crippen LogP contribution in [0.5, 0.6) is 0 Å². The fourth-order valence-corrected chi connectivity index (χ4v) is 3.58. The Morgan fingerprint density at radius 1 is 1.00 bits per heavy atom. The van der Waals surface area contributed by atoms with Crippen LogP contribution in [0.4, 0.5) is 11.4 Å². The molecule has 23 heavy (non-hydrogen) atoms. The molecule has 0 aliphatic carbocycles. The summed E-state index contributed by atoms with van der Waals surface area (Å²) in [6.07, 6.45) is 0. The zero-order valence-electron chi connectivity index (χ0n) is 12.4. The van der Waals surface area contributed by atoms with Crippen LogP contribution in [0.2, 0.25) is 0 Å². The molecule has 0 radical (unpaired) electrons. The molecule has 1 aliphatic rings. The monoisotopic (exact) mass is 331 g/mol. The number of carbonyl (C=O) groups is 1. The van der Waals surface area contributed by atoms with Gasteiger partial charge in [-0.3, -0.25) is 9.52 Å². The molecule has 2 aromatic rings. The van der Waals surface area contributed by atoms with E-state index in [2.05, 4.69) is 10.0 Å². The standard InChI is InChI=1S/C16H17N3O3S/c20-16-12-19(11-10-17-16)15-9-5-4-8-14(15)18-23(21,22)13-6-2-1-3-7-13/h1-9,18H,10-12H2,(H,17,20). The van der Waals surface area contributed by atoms with Gasteiger partial charge in [-0.05, 0) is 24.3 Å². The SMILES string of the molecule is O=C1CN(c2ccccc2NS(=O)(=O)c2ccccc2)CCN1. The van der Waals surface area contributed by atoms with Crippen LogP contribution >= 0.6 is 0 Å². The van der Waals surface area contributed by atoms with E-state index in [4.69, 9.17) is 0 Å². The summed E-state index contributed by atoms with van der Waals surface area (Å²) in [5.41, 5.74) is 1.16. The van der Waals surface area contributed by atoms with Gasteiger partial charge in [-0.25, -0.2) is 8.42 Å². The van der Waals surface area contributed by atoms with Crippen molar-refractivity contribution in [3.63, 3.8) is 0 Å². The zero-order chi connectivity index (χ0) is 16.3. The van der Waals surface area contributed by atoms with E-state index in [1.807, 2.05) is 11.0 Å². The highest BCUT2D eigenvalue weighted by Crippen LogP contribution is 2.28. The Balaban J connectivity index is 1.90. The first-order chi connectivity index (χ1) is 11.1. The number of anilines is 2. The average molecular weight is 331 g/mol.